The summed E-state index contributed by atoms with van der Waals surface area (Å²) in [6, 6.07) is 1.20. The summed E-state index contributed by atoms with van der Waals surface area (Å²) in [6.07, 6.45) is 3.45. The van der Waals surface area contributed by atoms with Gasteiger partial charge in [0.05, 0.1) is 16.3 Å². The second-order valence-corrected chi connectivity index (χ2v) is 4.44. The van der Waals surface area contributed by atoms with Gasteiger partial charge in [-0.2, -0.15) is 0 Å². The minimum absolute atomic E-state index is 0.178. The standard InChI is InChI=1S/C11H11ClFNO/c1-11(2)4-3-6-8(13)5-7(12)9(14)10(6)15-11/h3-5H,14H2,1-2H3. The molecule has 0 radical (unpaired) electrons. The second-order valence-electron chi connectivity index (χ2n) is 4.04. The van der Waals surface area contributed by atoms with Crippen molar-refractivity contribution in [3.8, 4) is 5.75 Å². The van der Waals surface area contributed by atoms with Crippen molar-refractivity contribution in [2.45, 2.75) is 19.4 Å². The third-order valence-corrected chi connectivity index (χ3v) is 2.59. The molecule has 1 aromatic rings. The molecule has 0 saturated heterocycles. The lowest BCUT2D eigenvalue weighted by Gasteiger charge is -2.29. The maximum absolute atomic E-state index is 13.5. The van der Waals surface area contributed by atoms with E-state index >= 15 is 0 Å². The molecule has 0 bridgehead atoms. The summed E-state index contributed by atoms with van der Waals surface area (Å²) < 4.78 is 19.1. The number of nitrogens with two attached hydrogens (primary N) is 1. The van der Waals surface area contributed by atoms with Gasteiger partial charge in [-0.15, -0.1) is 0 Å². The number of rotatable bonds is 0. The Balaban J connectivity index is 2.66. The normalized spacial score (nSPS) is 17.1. The number of ether oxygens (including phenoxy) is 1. The van der Waals surface area contributed by atoms with Gasteiger partial charge in [0.2, 0.25) is 0 Å². The van der Waals surface area contributed by atoms with Gasteiger partial charge in [0.1, 0.15) is 11.4 Å². The average Bonchev–Trinajstić information content (AvgIpc) is 2.13. The zero-order valence-corrected chi connectivity index (χ0v) is 9.23. The van der Waals surface area contributed by atoms with Crippen LogP contribution in [-0.2, 0) is 0 Å². The zero-order valence-electron chi connectivity index (χ0n) is 8.47. The van der Waals surface area contributed by atoms with Crippen molar-refractivity contribution in [2.24, 2.45) is 0 Å². The number of hydrogen-bond acceptors (Lipinski definition) is 2. The topological polar surface area (TPSA) is 35.2 Å². The number of fused-ring (bicyclic) bond motifs is 1. The maximum Gasteiger partial charge on any atom is 0.155 e. The molecule has 2 nitrogen and oxygen atoms in total. The number of nitrogen functional groups attached to an aromatic ring is 1. The van der Waals surface area contributed by atoms with Gasteiger partial charge in [0, 0.05) is 0 Å². The Hall–Kier alpha value is -1.22. The molecule has 0 fully saturated rings. The van der Waals surface area contributed by atoms with Crippen LogP contribution in [0.2, 0.25) is 5.02 Å². The van der Waals surface area contributed by atoms with Gasteiger partial charge in [0.15, 0.2) is 5.75 Å². The monoisotopic (exact) mass is 227 g/mol. The van der Waals surface area contributed by atoms with E-state index in [1.54, 1.807) is 12.2 Å². The van der Waals surface area contributed by atoms with Gasteiger partial charge < -0.3 is 10.5 Å². The second kappa shape index (κ2) is 3.14. The molecule has 0 unspecified atom stereocenters. The maximum atomic E-state index is 13.5. The Labute approximate surface area is 92.5 Å². The molecule has 80 valence electrons. The molecule has 15 heavy (non-hydrogen) atoms. The zero-order chi connectivity index (χ0) is 11.2. The molecule has 1 aliphatic heterocycles. The first-order chi connectivity index (χ1) is 6.91. The minimum Gasteiger partial charge on any atom is -0.481 e. The van der Waals surface area contributed by atoms with E-state index in [1.807, 2.05) is 13.8 Å². The molecule has 0 spiro atoms. The Bertz CT molecular complexity index is 454. The van der Waals surface area contributed by atoms with E-state index in [0.29, 0.717) is 11.3 Å². The van der Waals surface area contributed by atoms with Crippen molar-refractivity contribution in [3.63, 3.8) is 0 Å². The number of benzene rings is 1. The van der Waals surface area contributed by atoms with Gasteiger partial charge in [-0.05, 0) is 32.1 Å². The number of halogens is 2. The van der Waals surface area contributed by atoms with Gasteiger partial charge in [-0.3, -0.25) is 0 Å². The summed E-state index contributed by atoms with van der Waals surface area (Å²) >= 11 is 5.77. The third-order valence-electron chi connectivity index (χ3n) is 2.27. The van der Waals surface area contributed by atoms with E-state index in [1.165, 1.54) is 6.07 Å². The molecule has 2 N–H and O–H groups in total. The first kappa shape index (κ1) is 10.3. The highest BCUT2D eigenvalue weighted by atomic mass is 35.5. The van der Waals surface area contributed by atoms with Crippen molar-refractivity contribution < 1.29 is 9.13 Å². The highest BCUT2D eigenvalue weighted by molar-refractivity contribution is 6.33. The lowest BCUT2D eigenvalue weighted by Crippen LogP contribution is -2.28. The highest BCUT2D eigenvalue weighted by Crippen LogP contribution is 2.40. The molecule has 0 saturated carbocycles. The van der Waals surface area contributed by atoms with Crippen LogP contribution >= 0.6 is 11.6 Å². The molecular formula is C11H11ClFNO. The van der Waals surface area contributed by atoms with E-state index in [4.69, 9.17) is 22.1 Å². The van der Waals surface area contributed by atoms with Crippen molar-refractivity contribution in [2.75, 3.05) is 5.73 Å². The molecular weight excluding hydrogens is 217 g/mol. The lowest BCUT2D eigenvalue weighted by atomic mass is 10.0. The number of hydrogen-bond donors (Lipinski definition) is 1. The van der Waals surface area contributed by atoms with Crippen molar-refractivity contribution >= 4 is 23.4 Å². The molecule has 1 heterocycles. The molecule has 2 rings (SSSR count). The summed E-state index contributed by atoms with van der Waals surface area (Å²) in [5.74, 6) is -0.0940. The van der Waals surface area contributed by atoms with Crippen molar-refractivity contribution in [1.82, 2.24) is 0 Å². The van der Waals surface area contributed by atoms with E-state index in [0.717, 1.165) is 0 Å². The van der Waals surface area contributed by atoms with Crippen LogP contribution < -0.4 is 10.5 Å². The predicted molar refractivity (Wildman–Crippen MR) is 59.6 cm³/mol. The van der Waals surface area contributed by atoms with Gasteiger partial charge >= 0.3 is 0 Å². The van der Waals surface area contributed by atoms with E-state index in [-0.39, 0.29) is 10.7 Å². The quantitative estimate of drug-likeness (QED) is 0.691. The smallest absolute Gasteiger partial charge is 0.155 e. The molecule has 1 aromatic carbocycles. The van der Waals surface area contributed by atoms with Crippen molar-refractivity contribution in [3.05, 3.63) is 28.5 Å². The lowest BCUT2D eigenvalue weighted by molar-refractivity contribution is 0.159. The summed E-state index contributed by atoms with van der Waals surface area (Å²) in [5, 5.41) is 0.178. The van der Waals surface area contributed by atoms with E-state index in [2.05, 4.69) is 0 Å². The fourth-order valence-electron chi connectivity index (χ4n) is 1.48. The first-order valence-corrected chi connectivity index (χ1v) is 4.94. The van der Waals surface area contributed by atoms with Crippen LogP contribution in [0.4, 0.5) is 10.1 Å². The summed E-state index contributed by atoms with van der Waals surface area (Å²) in [4.78, 5) is 0. The van der Waals surface area contributed by atoms with Crippen LogP contribution in [0.15, 0.2) is 12.1 Å². The van der Waals surface area contributed by atoms with Crippen LogP contribution in [0.25, 0.3) is 6.08 Å². The Kier molecular flexibility index (Phi) is 2.15. The fraction of sp³-hybridized carbons (Fsp3) is 0.273. The van der Waals surface area contributed by atoms with Gasteiger partial charge in [0.25, 0.3) is 0 Å². The molecule has 0 aromatic heterocycles. The van der Waals surface area contributed by atoms with E-state index in [9.17, 15) is 4.39 Å². The summed E-state index contributed by atoms with van der Waals surface area (Å²) in [5.41, 5.74) is 5.89. The molecule has 0 atom stereocenters. The minimum atomic E-state index is -0.488. The van der Waals surface area contributed by atoms with Crippen LogP contribution in [0.5, 0.6) is 5.75 Å². The fourth-order valence-corrected chi connectivity index (χ4v) is 1.66. The molecule has 4 heteroatoms. The largest absolute Gasteiger partial charge is 0.481 e. The first-order valence-electron chi connectivity index (χ1n) is 4.56. The van der Waals surface area contributed by atoms with Crippen LogP contribution in [-0.4, -0.2) is 5.60 Å². The Morgan fingerprint density at radius 2 is 2.13 bits per heavy atom. The predicted octanol–water partition coefficient (Wildman–Crippen LogP) is 3.25. The Morgan fingerprint density at radius 1 is 1.47 bits per heavy atom. The SMILES string of the molecule is CC1(C)C=Cc2c(F)cc(Cl)c(N)c2O1. The highest BCUT2D eigenvalue weighted by Gasteiger charge is 2.26. The van der Waals surface area contributed by atoms with Crippen LogP contribution in [0.1, 0.15) is 19.4 Å². The average molecular weight is 228 g/mol. The summed E-state index contributed by atoms with van der Waals surface area (Å²) in [7, 11) is 0. The molecule has 0 aliphatic carbocycles. The third kappa shape index (κ3) is 1.67. The van der Waals surface area contributed by atoms with Crippen molar-refractivity contribution in [1.29, 1.82) is 0 Å². The van der Waals surface area contributed by atoms with Gasteiger partial charge in [-0.1, -0.05) is 11.6 Å². The number of anilines is 1. The molecule has 1 aliphatic rings. The van der Waals surface area contributed by atoms with Gasteiger partial charge in [-0.25, -0.2) is 4.39 Å². The van der Waals surface area contributed by atoms with E-state index < -0.39 is 11.4 Å². The Morgan fingerprint density at radius 3 is 2.80 bits per heavy atom. The molecule has 0 amide bonds. The van der Waals surface area contributed by atoms with Crippen LogP contribution in [0.3, 0.4) is 0 Å². The van der Waals surface area contributed by atoms with Crippen LogP contribution in [0, 0.1) is 5.82 Å². The summed E-state index contributed by atoms with van der Waals surface area (Å²) in [6.45, 7) is 3.73.